The number of aryl methyl sites for hydroxylation is 1. The Morgan fingerprint density at radius 2 is 1.64 bits per heavy atom. The van der Waals surface area contributed by atoms with E-state index in [1.165, 1.54) is 22.3 Å². The third-order valence-electron chi connectivity index (χ3n) is 4.90. The van der Waals surface area contributed by atoms with E-state index < -0.39 is 0 Å². The van der Waals surface area contributed by atoms with E-state index in [2.05, 4.69) is 79.1 Å². The van der Waals surface area contributed by atoms with Crippen molar-refractivity contribution < 1.29 is 0 Å². The van der Waals surface area contributed by atoms with Crippen LogP contribution in [0.4, 0.5) is 5.69 Å². The summed E-state index contributed by atoms with van der Waals surface area (Å²) in [6.45, 7) is 4.29. The molecule has 0 saturated heterocycles. The van der Waals surface area contributed by atoms with Gasteiger partial charge in [-0.25, -0.2) is 0 Å². The number of rotatable bonds is 2. The molecule has 0 saturated carbocycles. The summed E-state index contributed by atoms with van der Waals surface area (Å²) in [6, 6.07) is 25.3. The molecule has 3 aromatic carbocycles. The van der Waals surface area contributed by atoms with Crippen molar-refractivity contribution in [2.75, 3.05) is 5.32 Å². The predicted molar refractivity (Wildman–Crippen MR) is 105 cm³/mol. The van der Waals surface area contributed by atoms with Crippen molar-refractivity contribution in [3.63, 3.8) is 0 Å². The summed E-state index contributed by atoms with van der Waals surface area (Å²) in [5.41, 5.74) is 5.61. The highest BCUT2D eigenvalue weighted by Crippen LogP contribution is 2.40. The van der Waals surface area contributed by atoms with Crippen LogP contribution < -0.4 is 10.6 Å². The van der Waals surface area contributed by atoms with Gasteiger partial charge in [-0.2, -0.15) is 0 Å². The largest absolute Gasteiger partial charge is 0.363 e. The first-order chi connectivity index (χ1) is 12.0. The van der Waals surface area contributed by atoms with Crippen LogP contribution in [0.15, 0.2) is 72.8 Å². The van der Waals surface area contributed by atoms with E-state index in [1.54, 1.807) is 0 Å². The van der Waals surface area contributed by atoms with Crippen LogP contribution in [-0.4, -0.2) is 0 Å². The standard InChI is InChI=1S/C22H21ClN2/c1-15-8-10-17(11-9-15)22(2)24-20-13-12-18(23)14-19(20)21(25-22)16-6-4-3-5-7-16/h3-14,21,24-25H,1-2H3/t21-,22-/m0/s1. The fourth-order valence-electron chi connectivity index (χ4n) is 3.51. The van der Waals surface area contributed by atoms with Crippen molar-refractivity contribution in [2.45, 2.75) is 25.6 Å². The van der Waals surface area contributed by atoms with Crippen LogP contribution in [0.25, 0.3) is 0 Å². The molecule has 0 aromatic heterocycles. The van der Waals surface area contributed by atoms with E-state index in [-0.39, 0.29) is 11.7 Å². The molecule has 25 heavy (non-hydrogen) atoms. The zero-order chi connectivity index (χ0) is 17.4. The van der Waals surface area contributed by atoms with Gasteiger partial charge in [0.1, 0.15) is 5.66 Å². The van der Waals surface area contributed by atoms with Gasteiger partial charge in [-0.1, -0.05) is 71.8 Å². The van der Waals surface area contributed by atoms with Gasteiger partial charge in [0, 0.05) is 10.7 Å². The van der Waals surface area contributed by atoms with Crippen LogP contribution in [-0.2, 0) is 5.66 Å². The lowest BCUT2D eigenvalue weighted by Gasteiger charge is -2.43. The van der Waals surface area contributed by atoms with Crippen LogP contribution in [0.3, 0.4) is 0 Å². The Hall–Kier alpha value is -2.29. The van der Waals surface area contributed by atoms with Crippen LogP contribution in [0, 0.1) is 6.92 Å². The van der Waals surface area contributed by atoms with Crippen molar-refractivity contribution in [3.05, 3.63) is 100 Å². The fraction of sp³-hybridized carbons (Fsp3) is 0.182. The Balaban J connectivity index is 1.84. The quantitative estimate of drug-likeness (QED) is 0.627. The number of benzene rings is 3. The summed E-state index contributed by atoms with van der Waals surface area (Å²) < 4.78 is 0. The van der Waals surface area contributed by atoms with Crippen molar-refractivity contribution in [3.8, 4) is 0 Å². The average molecular weight is 349 g/mol. The highest BCUT2D eigenvalue weighted by atomic mass is 35.5. The summed E-state index contributed by atoms with van der Waals surface area (Å²) in [5.74, 6) is 0. The van der Waals surface area contributed by atoms with Gasteiger partial charge in [0.2, 0.25) is 0 Å². The molecule has 0 aliphatic carbocycles. The lowest BCUT2D eigenvalue weighted by Crippen LogP contribution is -2.51. The monoisotopic (exact) mass is 348 g/mol. The molecule has 126 valence electrons. The molecular formula is C22H21ClN2. The molecular weight excluding hydrogens is 328 g/mol. The van der Waals surface area contributed by atoms with E-state index in [0.717, 1.165) is 10.7 Å². The lowest BCUT2D eigenvalue weighted by molar-refractivity contribution is 0.367. The van der Waals surface area contributed by atoms with Gasteiger partial charge in [-0.05, 0) is 48.7 Å². The Kier molecular flexibility index (Phi) is 4.03. The molecule has 1 aliphatic heterocycles. The van der Waals surface area contributed by atoms with Crippen LogP contribution in [0.5, 0.6) is 0 Å². The molecule has 1 heterocycles. The highest BCUT2D eigenvalue weighted by Gasteiger charge is 2.36. The number of hydrogen-bond acceptors (Lipinski definition) is 2. The maximum atomic E-state index is 6.28. The second-order valence-corrected chi connectivity index (χ2v) is 7.27. The number of halogens is 1. The molecule has 3 heteroatoms. The number of hydrogen-bond donors (Lipinski definition) is 2. The fourth-order valence-corrected chi connectivity index (χ4v) is 3.69. The molecule has 2 atom stereocenters. The van der Waals surface area contributed by atoms with Gasteiger partial charge in [0.05, 0.1) is 6.04 Å². The first-order valence-corrected chi connectivity index (χ1v) is 8.90. The minimum absolute atomic E-state index is 0.0717. The van der Waals surface area contributed by atoms with Crippen LogP contribution in [0.1, 0.15) is 35.2 Å². The Morgan fingerprint density at radius 1 is 0.920 bits per heavy atom. The van der Waals surface area contributed by atoms with Crippen LogP contribution in [0.2, 0.25) is 5.02 Å². The van der Waals surface area contributed by atoms with Gasteiger partial charge in [0.15, 0.2) is 0 Å². The summed E-state index contributed by atoms with van der Waals surface area (Å²) in [4.78, 5) is 0. The van der Waals surface area contributed by atoms with Crippen molar-refractivity contribution in [1.29, 1.82) is 0 Å². The van der Waals surface area contributed by atoms with E-state index >= 15 is 0 Å². The molecule has 0 fully saturated rings. The van der Waals surface area contributed by atoms with Crippen molar-refractivity contribution in [2.24, 2.45) is 0 Å². The molecule has 4 rings (SSSR count). The minimum atomic E-state index is -0.366. The van der Waals surface area contributed by atoms with Crippen molar-refractivity contribution >= 4 is 17.3 Å². The predicted octanol–water partition coefficient (Wildman–Crippen LogP) is 5.63. The summed E-state index contributed by atoms with van der Waals surface area (Å²) in [7, 11) is 0. The molecule has 2 N–H and O–H groups in total. The molecule has 0 radical (unpaired) electrons. The molecule has 3 aromatic rings. The van der Waals surface area contributed by atoms with E-state index in [0.29, 0.717) is 0 Å². The zero-order valence-electron chi connectivity index (χ0n) is 14.4. The van der Waals surface area contributed by atoms with Gasteiger partial charge in [-0.15, -0.1) is 0 Å². The van der Waals surface area contributed by atoms with Gasteiger partial charge >= 0.3 is 0 Å². The van der Waals surface area contributed by atoms with Gasteiger partial charge in [-0.3, -0.25) is 5.32 Å². The average Bonchev–Trinajstić information content (AvgIpc) is 2.63. The maximum absolute atomic E-state index is 6.28. The second kappa shape index (κ2) is 6.21. The molecule has 0 amide bonds. The number of fused-ring (bicyclic) bond motifs is 1. The third kappa shape index (κ3) is 3.04. The molecule has 2 nitrogen and oxygen atoms in total. The summed E-state index contributed by atoms with van der Waals surface area (Å²) in [5, 5.41) is 8.21. The molecule has 1 aliphatic rings. The van der Waals surface area contributed by atoms with Gasteiger partial charge in [0.25, 0.3) is 0 Å². The molecule has 0 bridgehead atoms. The maximum Gasteiger partial charge on any atom is 0.112 e. The van der Waals surface area contributed by atoms with E-state index in [1.807, 2.05) is 18.2 Å². The molecule has 0 spiro atoms. The topological polar surface area (TPSA) is 24.1 Å². The number of nitrogens with one attached hydrogen (secondary N) is 2. The van der Waals surface area contributed by atoms with E-state index in [9.17, 15) is 0 Å². The first kappa shape index (κ1) is 16.2. The summed E-state index contributed by atoms with van der Waals surface area (Å²) >= 11 is 6.28. The number of anilines is 1. The zero-order valence-corrected chi connectivity index (χ0v) is 15.1. The Labute approximate surface area is 153 Å². The normalized spacial score (nSPS) is 22.1. The van der Waals surface area contributed by atoms with Crippen molar-refractivity contribution in [1.82, 2.24) is 5.32 Å². The second-order valence-electron chi connectivity index (χ2n) is 6.84. The Bertz CT molecular complexity index is 890. The Morgan fingerprint density at radius 3 is 2.36 bits per heavy atom. The van der Waals surface area contributed by atoms with E-state index in [4.69, 9.17) is 11.6 Å². The third-order valence-corrected chi connectivity index (χ3v) is 5.14. The van der Waals surface area contributed by atoms with Gasteiger partial charge < -0.3 is 5.32 Å². The first-order valence-electron chi connectivity index (χ1n) is 8.53. The molecule has 0 unspecified atom stereocenters. The lowest BCUT2D eigenvalue weighted by atomic mass is 9.88. The summed E-state index contributed by atoms with van der Waals surface area (Å²) in [6.07, 6.45) is 0. The SMILES string of the molecule is Cc1ccc([C@@]2(C)Nc3ccc(Cl)cc3[C@H](c3ccccc3)N2)cc1. The minimum Gasteiger partial charge on any atom is -0.363 e. The van der Waals surface area contributed by atoms with Crippen LogP contribution >= 0.6 is 11.6 Å². The smallest absolute Gasteiger partial charge is 0.112 e. The highest BCUT2D eigenvalue weighted by molar-refractivity contribution is 6.30.